The molecule has 2 atom stereocenters. The van der Waals surface area contributed by atoms with Crippen LogP contribution in [0.25, 0.3) is 0 Å². The van der Waals surface area contributed by atoms with Crippen molar-refractivity contribution in [2.45, 2.75) is 32.4 Å². The van der Waals surface area contributed by atoms with Crippen LogP contribution in [-0.2, 0) is 4.74 Å². The van der Waals surface area contributed by atoms with Crippen molar-refractivity contribution in [3.63, 3.8) is 0 Å². The van der Waals surface area contributed by atoms with Crippen molar-refractivity contribution in [2.24, 2.45) is 5.41 Å². The summed E-state index contributed by atoms with van der Waals surface area (Å²) >= 11 is 0. The molecule has 0 spiro atoms. The summed E-state index contributed by atoms with van der Waals surface area (Å²) in [4.78, 5) is 22.5. The summed E-state index contributed by atoms with van der Waals surface area (Å²) in [6, 6.07) is 3.80. The summed E-state index contributed by atoms with van der Waals surface area (Å²) in [7, 11) is 1.64. The first-order chi connectivity index (χ1) is 9.77. The van der Waals surface area contributed by atoms with Crippen molar-refractivity contribution in [1.29, 1.82) is 0 Å². The van der Waals surface area contributed by atoms with E-state index >= 15 is 0 Å². The zero-order chi connectivity index (χ0) is 15.8. The molecular formula is C14H19N3O4. The molecule has 0 bridgehead atoms. The van der Waals surface area contributed by atoms with Crippen molar-refractivity contribution in [3.05, 3.63) is 33.9 Å². The normalized spacial score (nSPS) is 23.2. The van der Waals surface area contributed by atoms with Crippen LogP contribution in [-0.4, -0.2) is 30.1 Å². The minimum absolute atomic E-state index is 0.0476. The van der Waals surface area contributed by atoms with E-state index in [1.165, 1.54) is 18.2 Å². The number of hydrogen-bond acceptors (Lipinski definition) is 5. The molecule has 2 unspecified atom stereocenters. The van der Waals surface area contributed by atoms with E-state index in [4.69, 9.17) is 10.5 Å². The van der Waals surface area contributed by atoms with E-state index in [0.717, 1.165) is 0 Å². The lowest BCUT2D eigenvalue weighted by Crippen LogP contribution is -2.61. The number of nitro benzene ring substituents is 1. The third-order valence-electron chi connectivity index (χ3n) is 4.26. The van der Waals surface area contributed by atoms with E-state index < -0.39 is 10.8 Å². The first kappa shape index (κ1) is 15.2. The van der Waals surface area contributed by atoms with E-state index in [0.29, 0.717) is 6.42 Å². The number of nitrogens with one attached hydrogen (secondary N) is 1. The Morgan fingerprint density at radius 2 is 2.19 bits per heavy atom. The minimum Gasteiger partial charge on any atom is -0.398 e. The molecule has 1 saturated carbocycles. The highest BCUT2D eigenvalue weighted by Gasteiger charge is 2.49. The Morgan fingerprint density at radius 1 is 1.52 bits per heavy atom. The number of hydrogen-bond donors (Lipinski definition) is 2. The third kappa shape index (κ3) is 2.69. The summed E-state index contributed by atoms with van der Waals surface area (Å²) in [5.74, 6) is -0.399. The van der Waals surface area contributed by atoms with Crippen molar-refractivity contribution in [3.8, 4) is 0 Å². The first-order valence-corrected chi connectivity index (χ1v) is 6.65. The fraction of sp³-hybridized carbons (Fsp3) is 0.500. The van der Waals surface area contributed by atoms with Crippen LogP contribution in [0.1, 0.15) is 30.6 Å². The Balaban J connectivity index is 2.15. The van der Waals surface area contributed by atoms with Crippen LogP contribution < -0.4 is 11.1 Å². The summed E-state index contributed by atoms with van der Waals surface area (Å²) in [6.45, 7) is 4.01. The van der Waals surface area contributed by atoms with Gasteiger partial charge in [-0.25, -0.2) is 0 Å². The molecule has 7 heteroatoms. The monoisotopic (exact) mass is 293 g/mol. The molecule has 1 aliphatic rings. The van der Waals surface area contributed by atoms with Crippen LogP contribution in [0.15, 0.2) is 18.2 Å². The predicted octanol–water partition coefficient (Wildman–Crippen LogP) is 1.72. The number of nitrogens with zero attached hydrogens (tertiary/aromatic N) is 1. The van der Waals surface area contributed by atoms with Gasteiger partial charge in [0.1, 0.15) is 0 Å². The molecule has 0 radical (unpaired) electrons. The van der Waals surface area contributed by atoms with Gasteiger partial charge < -0.3 is 15.8 Å². The average Bonchev–Trinajstić information content (AvgIpc) is 2.42. The van der Waals surface area contributed by atoms with Gasteiger partial charge in [-0.3, -0.25) is 14.9 Å². The molecule has 0 saturated heterocycles. The molecule has 21 heavy (non-hydrogen) atoms. The number of methoxy groups -OCH3 is 1. The largest absolute Gasteiger partial charge is 0.398 e. The smallest absolute Gasteiger partial charge is 0.270 e. The zero-order valence-electron chi connectivity index (χ0n) is 12.3. The fourth-order valence-corrected chi connectivity index (χ4v) is 2.62. The summed E-state index contributed by atoms with van der Waals surface area (Å²) in [5.41, 5.74) is 5.75. The molecule has 1 aromatic rings. The van der Waals surface area contributed by atoms with Crippen LogP contribution in [0.2, 0.25) is 0 Å². The molecule has 114 valence electrons. The highest BCUT2D eigenvalue weighted by Crippen LogP contribution is 2.42. The number of benzene rings is 1. The molecule has 0 heterocycles. The SMILES string of the molecule is COC1CC(NC(=O)c2cc([N+](=O)[O-])ccc2N)C1(C)C. The van der Waals surface area contributed by atoms with E-state index in [1.807, 2.05) is 13.8 Å². The van der Waals surface area contributed by atoms with Gasteiger partial charge in [0.2, 0.25) is 0 Å². The van der Waals surface area contributed by atoms with Crippen LogP contribution in [0.4, 0.5) is 11.4 Å². The second-order valence-corrected chi connectivity index (χ2v) is 5.84. The molecule has 1 fully saturated rings. The number of ether oxygens (including phenoxy) is 1. The number of carbonyl (C=O) groups is 1. The maximum Gasteiger partial charge on any atom is 0.270 e. The number of anilines is 1. The number of carbonyl (C=O) groups excluding carboxylic acids is 1. The standard InChI is InChI=1S/C14H19N3O4/c1-14(2)11(7-12(14)21-3)16-13(18)9-6-8(17(19)20)4-5-10(9)15/h4-6,11-12H,7,15H2,1-3H3,(H,16,18). The lowest BCUT2D eigenvalue weighted by atomic mass is 9.64. The number of rotatable bonds is 4. The Kier molecular flexibility index (Phi) is 3.87. The van der Waals surface area contributed by atoms with Crippen LogP contribution in [0, 0.1) is 15.5 Å². The molecule has 3 N–H and O–H groups in total. The van der Waals surface area contributed by atoms with Gasteiger partial charge in [0.15, 0.2) is 0 Å². The van der Waals surface area contributed by atoms with Crippen molar-refractivity contribution in [1.82, 2.24) is 5.32 Å². The highest BCUT2D eigenvalue weighted by atomic mass is 16.6. The Bertz CT molecular complexity index is 586. The van der Waals surface area contributed by atoms with E-state index in [1.54, 1.807) is 7.11 Å². The van der Waals surface area contributed by atoms with Gasteiger partial charge in [-0.2, -0.15) is 0 Å². The van der Waals surface area contributed by atoms with Gasteiger partial charge in [0, 0.05) is 36.4 Å². The Morgan fingerprint density at radius 3 is 2.71 bits per heavy atom. The van der Waals surface area contributed by atoms with Gasteiger partial charge in [0.25, 0.3) is 11.6 Å². The quantitative estimate of drug-likeness (QED) is 0.499. The van der Waals surface area contributed by atoms with E-state index in [-0.39, 0.29) is 34.5 Å². The maximum atomic E-state index is 12.3. The van der Waals surface area contributed by atoms with Crippen LogP contribution in [0.3, 0.4) is 0 Å². The average molecular weight is 293 g/mol. The van der Waals surface area contributed by atoms with Gasteiger partial charge in [-0.15, -0.1) is 0 Å². The third-order valence-corrected chi connectivity index (χ3v) is 4.26. The van der Waals surface area contributed by atoms with Gasteiger partial charge in [-0.05, 0) is 12.5 Å². The highest BCUT2D eigenvalue weighted by molar-refractivity contribution is 6.00. The van der Waals surface area contributed by atoms with Crippen molar-refractivity contribution >= 4 is 17.3 Å². The summed E-state index contributed by atoms with van der Waals surface area (Å²) < 4.78 is 5.33. The van der Waals surface area contributed by atoms with Crippen molar-refractivity contribution < 1.29 is 14.5 Å². The molecule has 0 aliphatic heterocycles. The molecular weight excluding hydrogens is 274 g/mol. The van der Waals surface area contributed by atoms with Crippen LogP contribution in [0.5, 0.6) is 0 Å². The fourth-order valence-electron chi connectivity index (χ4n) is 2.62. The second-order valence-electron chi connectivity index (χ2n) is 5.84. The van der Waals surface area contributed by atoms with Gasteiger partial charge in [-0.1, -0.05) is 13.8 Å². The molecule has 0 aromatic heterocycles. The number of nitrogen functional groups attached to an aromatic ring is 1. The summed E-state index contributed by atoms with van der Waals surface area (Å²) in [6.07, 6.45) is 0.801. The molecule has 1 amide bonds. The maximum absolute atomic E-state index is 12.3. The van der Waals surface area contributed by atoms with Crippen LogP contribution >= 0.6 is 0 Å². The van der Waals surface area contributed by atoms with E-state index in [2.05, 4.69) is 5.32 Å². The first-order valence-electron chi connectivity index (χ1n) is 6.65. The molecule has 7 nitrogen and oxygen atoms in total. The molecule has 2 rings (SSSR count). The Hall–Kier alpha value is -2.15. The number of non-ortho nitro benzene ring substituents is 1. The minimum atomic E-state index is -0.551. The zero-order valence-corrected chi connectivity index (χ0v) is 12.3. The predicted molar refractivity (Wildman–Crippen MR) is 78.0 cm³/mol. The number of nitrogens with two attached hydrogens (primary N) is 1. The summed E-state index contributed by atoms with van der Waals surface area (Å²) in [5, 5.41) is 13.7. The lowest BCUT2D eigenvalue weighted by Gasteiger charge is -2.51. The molecule has 1 aliphatic carbocycles. The van der Waals surface area contributed by atoms with Crippen molar-refractivity contribution in [2.75, 3.05) is 12.8 Å². The van der Waals surface area contributed by atoms with Gasteiger partial charge >= 0.3 is 0 Å². The van der Waals surface area contributed by atoms with E-state index in [9.17, 15) is 14.9 Å². The number of nitro groups is 1. The lowest BCUT2D eigenvalue weighted by molar-refractivity contribution is -0.384. The number of amides is 1. The topological polar surface area (TPSA) is 107 Å². The Labute approximate surface area is 122 Å². The second kappa shape index (κ2) is 5.33. The molecule has 1 aromatic carbocycles. The van der Waals surface area contributed by atoms with Gasteiger partial charge in [0.05, 0.1) is 16.6 Å².